The number of nitrogens with one attached hydrogen (secondary N) is 1. The molecule has 5 aromatic rings. The summed E-state index contributed by atoms with van der Waals surface area (Å²) in [6.45, 7) is 5.00. The van der Waals surface area contributed by atoms with E-state index in [-0.39, 0.29) is 28.8 Å². The van der Waals surface area contributed by atoms with Crippen molar-refractivity contribution in [1.29, 1.82) is 0 Å². The van der Waals surface area contributed by atoms with E-state index in [2.05, 4.69) is 53.6 Å². The van der Waals surface area contributed by atoms with Gasteiger partial charge in [-0.05, 0) is 64.4 Å². The third-order valence-electron chi connectivity index (χ3n) is 7.32. The van der Waals surface area contributed by atoms with Crippen LogP contribution in [0, 0.1) is 0 Å². The van der Waals surface area contributed by atoms with Crippen molar-refractivity contribution in [3.8, 4) is 11.5 Å². The fourth-order valence-corrected chi connectivity index (χ4v) is 4.99. The molecule has 2 N–H and O–H groups in total. The number of phenolic OH excluding ortho intramolecular Hbond substituents is 1. The topological polar surface area (TPSA) is 104 Å². The maximum atomic E-state index is 13.6. The van der Waals surface area contributed by atoms with E-state index in [1.807, 2.05) is 42.5 Å². The lowest BCUT2D eigenvalue weighted by Gasteiger charge is -2.23. The molecule has 0 unspecified atom stereocenters. The lowest BCUT2D eigenvalue weighted by Crippen LogP contribution is -2.34. The van der Waals surface area contributed by atoms with Gasteiger partial charge in [-0.2, -0.15) is 5.10 Å². The van der Waals surface area contributed by atoms with Gasteiger partial charge in [0.25, 0.3) is 11.8 Å². The Labute approximate surface area is 266 Å². The number of rotatable bonds is 11. The van der Waals surface area contributed by atoms with Crippen molar-refractivity contribution in [1.82, 2.24) is 15.3 Å². The smallest absolute Gasteiger partial charge is 0.271 e. The number of amides is 2. The first-order chi connectivity index (χ1) is 21.8. The number of nitrogens with zero attached hydrogens (tertiary/aromatic N) is 3. The highest BCUT2D eigenvalue weighted by Gasteiger charge is 2.17. The van der Waals surface area contributed by atoms with Gasteiger partial charge in [-0.3, -0.25) is 14.6 Å². The average molecular weight is 621 g/mol. The van der Waals surface area contributed by atoms with Crippen LogP contribution in [-0.4, -0.2) is 39.6 Å². The number of phenols is 1. The van der Waals surface area contributed by atoms with Gasteiger partial charge < -0.3 is 14.7 Å². The van der Waals surface area contributed by atoms with E-state index in [1.165, 1.54) is 30.0 Å². The second kappa shape index (κ2) is 14.5. The molecule has 0 saturated carbocycles. The van der Waals surface area contributed by atoms with Crippen molar-refractivity contribution in [3.63, 3.8) is 0 Å². The summed E-state index contributed by atoms with van der Waals surface area (Å²) < 4.78 is 6.11. The van der Waals surface area contributed by atoms with Gasteiger partial charge in [0.05, 0.1) is 11.2 Å². The quantitative estimate of drug-likeness (QED) is 0.121. The number of benzene rings is 4. The van der Waals surface area contributed by atoms with E-state index in [0.717, 1.165) is 27.5 Å². The van der Waals surface area contributed by atoms with Crippen molar-refractivity contribution >= 4 is 40.4 Å². The minimum Gasteiger partial charge on any atom is -0.506 e. The van der Waals surface area contributed by atoms with Crippen molar-refractivity contribution in [2.24, 2.45) is 5.10 Å². The van der Waals surface area contributed by atoms with Gasteiger partial charge in [0.15, 0.2) is 6.61 Å². The van der Waals surface area contributed by atoms with E-state index in [1.54, 1.807) is 23.4 Å². The molecule has 0 aliphatic heterocycles. The molecule has 1 aromatic heterocycles. The van der Waals surface area contributed by atoms with Crippen LogP contribution in [0.4, 0.5) is 0 Å². The molecule has 0 fully saturated rings. The van der Waals surface area contributed by atoms with Crippen molar-refractivity contribution < 1.29 is 19.4 Å². The van der Waals surface area contributed by atoms with Gasteiger partial charge in [-0.1, -0.05) is 80.0 Å². The highest BCUT2D eigenvalue weighted by atomic mass is 35.5. The SMILES string of the molecule is CC(C)c1ccc(CN(Cc2cccnc2)C(=O)COc2ccc(/C=N/NC(=O)c3ccc(O)c(Cl)c3)c3ccccc23)cc1. The Morgan fingerprint density at radius 2 is 1.71 bits per heavy atom. The molecule has 5 rings (SSSR count). The number of fused-ring (bicyclic) bond motifs is 1. The summed E-state index contributed by atoms with van der Waals surface area (Å²) >= 11 is 5.91. The number of pyridine rings is 1. The number of carbonyl (C=O) groups is 2. The van der Waals surface area contributed by atoms with E-state index in [9.17, 15) is 14.7 Å². The van der Waals surface area contributed by atoms with Gasteiger partial charge in [0.2, 0.25) is 0 Å². The predicted molar refractivity (Wildman–Crippen MR) is 177 cm³/mol. The van der Waals surface area contributed by atoms with Gasteiger partial charge >= 0.3 is 0 Å². The molecule has 0 spiro atoms. The summed E-state index contributed by atoms with van der Waals surface area (Å²) in [6, 6.07) is 27.5. The molecule has 0 saturated heterocycles. The Hall–Kier alpha value is -5.21. The fraction of sp³-hybridized carbons (Fsp3) is 0.167. The van der Waals surface area contributed by atoms with Crippen LogP contribution < -0.4 is 10.2 Å². The van der Waals surface area contributed by atoms with Crippen LogP contribution in [0.1, 0.15) is 52.4 Å². The maximum Gasteiger partial charge on any atom is 0.271 e. The summed E-state index contributed by atoms with van der Waals surface area (Å²) in [4.78, 5) is 32.0. The van der Waals surface area contributed by atoms with Crippen LogP contribution in [0.3, 0.4) is 0 Å². The van der Waals surface area contributed by atoms with Crippen LogP contribution in [0.25, 0.3) is 10.8 Å². The molecular formula is C36H33ClN4O4. The Morgan fingerprint density at radius 3 is 2.42 bits per heavy atom. The van der Waals surface area contributed by atoms with Crippen LogP contribution in [-0.2, 0) is 17.9 Å². The van der Waals surface area contributed by atoms with Gasteiger partial charge in [0, 0.05) is 42.0 Å². The number of carbonyl (C=O) groups excluding carboxylic acids is 2. The third-order valence-corrected chi connectivity index (χ3v) is 7.62. The molecule has 2 amide bonds. The molecule has 8 nitrogen and oxygen atoms in total. The van der Waals surface area contributed by atoms with E-state index >= 15 is 0 Å². The van der Waals surface area contributed by atoms with Crippen molar-refractivity contribution in [2.75, 3.05) is 6.61 Å². The van der Waals surface area contributed by atoms with Gasteiger partial charge in [0.1, 0.15) is 11.5 Å². The first-order valence-corrected chi connectivity index (χ1v) is 14.9. The normalized spacial score (nSPS) is 11.2. The lowest BCUT2D eigenvalue weighted by molar-refractivity contribution is -0.134. The average Bonchev–Trinajstić information content (AvgIpc) is 3.05. The minimum absolute atomic E-state index is 0.0761. The van der Waals surface area contributed by atoms with E-state index in [4.69, 9.17) is 16.3 Å². The number of hydrogen-bond acceptors (Lipinski definition) is 6. The molecular weight excluding hydrogens is 588 g/mol. The Morgan fingerprint density at radius 1 is 0.956 bits per heavy atom. The number of aromatic nitrogens is 1. The molecule has 9 heteroatoms. The minimum atomic E-state index is -0.470. The van der Waals surface area contributed by atoms with Gasteiger partial charge in [-0.25, -0.2) is 5.43 Å². The summed E-state index contributed by atoms with van der Waals surface area (Å²) in [6.07, 6.45) is 5.01. The molecule has 0 bridgehead atoms. The zero-order chi connectivity index (χ0) is 31.8. The van der Waals surface area contributed by atoms with E-state index < -0.39 is 5.91 Å². The zero-order valence-corrected chi connectivity index (χ0v) is 25.7. The number of ether oxygens (including phenoxy) is 1. The van der Waals surface area contributed by atoms with Crippen LogP contribution in [0.15, 0.2) is 108 Å². The van der Waals surface area contributed by atoms with Crippen LogP contribution in [0.5, 0.6) is 11.5 Å². The molecule has 0 aliphatic rings. The van der Waals surface area contributed by atoms with E-state index in [0.29, 0.717) is 24.8 Å². The number of hydrogen-bond donors (Lipinski definition) is 2. The van der Waals surface area contributed by atoms with Crippen molar-refractivity contribution in [3.05, 3.63) is 136 Å². The second-order valence-corrected chi connectivity index (χ2v) is 11.3. The number of aromatic hydroxyl groups is 1. The first-order valence-electron chi connectivity index (χ1n) is 14.5. The Bertz CT molecular complexity index is 1830. The largest absolute Gasteiger partial charge is 0.506 e. The first kappa shape index (κ1) is 31.2. The third kappa shape index (κ3) is 8.04. The molecule has 4 aromatic carbocycles. The van der Waals surface area contributed by atoms with Gasteiger partial charge in [-0.15, -0.1) is 0 Å². The fourth-order valence-electron chi connectivity index (χ4n) is 4.81. The summed E-state index contributed by atoms with van der Waals surface area (Å²) in [5.74, 6) is 0.254. The zero-order valence-electron chi connectivity index (χ0n) is 25.0. The molecule has 0 radical (unpaired) electrons. The number of hydrazone groups is 1. The lowest BCUT2D eigenvalue weighted by atomic mass is 10.0. The van der Waals surface area contributed by atoms with Crippen LogP contribution in [0.2, 0.25) is 5.02 Å². The highest BCUT2D eigenvalue weighted by Crippen LogP contribution is 2.28. The monoisotopic (exact) mass is 620 g/mol. The molecule has 0 atom stereocenters. The molecule has 0 aliphatic carbocycles. The summed E-state index contributed by atoms with van der Waals surface area (Å²) in [5, 5.41) is 15.4. The molecule has 45 heavy (non-hydrogen) atoms. The van der Waals surface area contributed by atoms with Crippen LogP contribution >= 0.6 is 11.6 Å². The summed E-state index contributed by atoms with van der Waals surface area (Å²) in [7, 11) is 0. The molecule has 1 heterocycles. The predicted octanol–water partition coefficient (Wildman–Crippen LogP) is 7.09. The molecule has 228 valence electrons. The maximum absolute atomic E-state index is 13.6. The standard InChI is InChI=1S/C36H33ClN4O4/c1-24(2)27-11-9-25(10-12-27)21-41(22-26-6-5-17-38-19-26)35(43)23-45-34-16-14-29(30-7-3-4-8-31(30)34)20-39-40-36(44)28-13-15-33(42)32(37)18-28/h3-20,24,42H,21-23H2,1-2H3,(H,40,44)/b39-20+. The van der Waals surface area contributed by atoms with Crippen molar-refractivity contribution in [2.45, 2.75) is 32.9 Å². The second-order valence-electron chi connectivity index (χ2n) is 10.9. The number of halogens is 1. The Balaban J connectivity index is 1.30. The summed E-state index contributed by atoms with van der Waals surface area (Å²) in [5.41, 5.74) is 6.70. The highest BCUT2D eigenvalue weighted by molar-refractivity contribution is 6.32. The Kier molecular flexibility index (Phi) is 10.1.